The van der Waals surface area contributed by atoms with E-state index in [1.54, 1.807) is 12.3 Å². The summed E-state index contributed by atoms with van der Waals surface area (Å²) >= 11 is 0. The standard InChI is InChI=1S/C12H10N4O/c13-12-10-4-7(1-2-11(10)15-16-12)8-3-9(17)6-14-5-8/h1-6,17H,(H3,13,15,16). The number of aromatic nitrogens is 3. The third kappa shape index (κ3) is 1.57. The molecular weight excluding hydrogens is 216 g/mol. The third-order valence-corrected chi connectivity index (χ3v) is 2.65. The van der Waals surface area contributed by atoms with Crippen molar-refractivity contribution in [3.63, 3.8) is 0 Å². The van der Waals surface area contributed by atoms with Gasteiger partial charge in [0.1, 0.15) is 5.75 Å². The predicted octanol–water partition coefficient (Wildman–Crippen LogP) is 1.91. The molecule has 0 amide bonds. The summed E-state index contributed by atoms with van der Waals surface area (Å²) in [4.78, 5) is 3.95. The second-order valence-corrected chi connectivity index (χ2v) is 3.80. The smallest absolute Gasteiger partial charge is 0.153 e. The highest BCUT2D eigenvalue weighted by atomic mass is 16.3. The van der Waals surface area contributed by atoms with E-state index in [0.29, 0.717) is 5.82 Å². The van der Waals surface area contributed by atoms with Gasteiger partial charge in [-0.1, -0.05) is 6.07 Å². The van der Waals surface area contributed by atoms with Crippen molar-refractivity contribution in [3.8, 4) is 16.9 Å². The minimum atomic E-state index is 0.141. The van der Waals surface area contributed by atoms with Crippen LogP contribution in [0.1, 0.15) is 0 Å². The molecule has 2 aromatic heterocycles. The summed E-state index contributed by atoms with van der Waals surface area (Å²) < 4.78 is 0. The van der Waals surface area contributed by atoms with Gasteiger partial charge in [-0.2, -0.15) is 5.10 Å². The Bertz CT molecular complexity index is 690. The first kappa shape index (κ1) is 9.65. The SMILES string of the molecule is Nc1n[nH]c2ccc(-c3cncc(O)c3)cc12. The molecule has 17 heavy (non-hydrogen) atoms. The fraction of sp³-hybridized carbons (Fsp3) is 0. The van der Waals surface area contributed by atoms with Crippen molar-refractivity contribution in [2.45, 2.75) is 0 Å². The lowest BCUT2D eigenvalue weighted by atomic mass is 10.1. The van der Waals surface area contributed by atoms with E-state index in [4.69, 9.17) is 5.73 Å². The molecule has 0 spiro atoms. The van der Waals surface area contributed by atoms with Crippen LogP contribution in [0.5, 0.6) is 5.75 Å². The fourth-order valence-electron chi connectivity index (χ4n) is 1.80. The van der Waals surface area contributed by atoms with Crippen LogP contribution in [-0.4, -0.2) is 20.3 Å². The number of rotatable bonds is 1. The number of pyridine rings is 1. The molecule has 3 rings (SSSR count). The van der Waals surface area contributed by atoms with Crippen LogP contribution in [0.3, 0.4) is 0 Å². The van der Waals surface area contributed by atoms with E-state index in [0.717, 1.165) is 22.0 Å². The lowest BCUT2D eigenvalue weighted by Crippen LogP contribution is -1.84. The summed E-state index contributed by atoms with van der Waals surface area (Å²) in [6, 6.07) is 7.41. The van der Waals surface area contributed by atoms with Crippen LogP contribution < -0.4 is 5.73 Å². The number of aromatic hydroxyl groups is 1. The first-order chi connectivity index (χ1) is 8.24. The van der Waals surface area contributed by atoms with Gasteiger partial charge in [0, 0.05) is 17.1 Å². The maximum atomic E-state index is 9.40. The van der Waals surface area contributed by atoms with Crippen molar-refractivity contribution in [2.24, 2.45) is 0 Å². The van der Waals surface area contributed by atoms with Gasteiger partial charge in [0.25, 0.3) is 0 Å². The number of fused-ring (bicyclic) bond motifs is 1. The van der Waals surface area contributed by atoms with Gasteiger partial charge in [-0.25, -0.2) is 0 Å². The molecule has 0 fully saturated rings. The number of anilines is 1. The van der Waals surface area contributed by atoms with Crippen molar-refractivity contribution in [1.29, 1.82) is 0 Å². The Balaban J connectivity index is 2.20. The maximum absolute atomic E-state index is 9.40. The van der Waals surface area contributed by atoms with E-state index in [1.807, 2.05) is 18.2 Å². The Morgan fingerprint density at radius 1 is 1.12 bits per heavy atom. The highest BCUT2D eigenvalue weighted by Gasteiger charge is 2.05. The number of hydrogen-bond donors (Lipinski definition) is 3. The monoisotopic (exact) mass is 226 g/mol. The number of benzene rings is 1. The zero-order chi connectivity index (χ0) is 11.8. The normalized spacial score (nSPS) is 10.8. The Kier molecular flexibility index (Phi) is 1.98. The van der Waals surface area contributed by atoms with E-state index in [-0.39, 0.29) is 5.75 Å². The number of nitrogens with zero attached hydrogens (tertiary/aromatic N) is 2. The van der Waals surface area contributed by atoms with Crippen molar-refractivity contribution in [2.75, 3.05) is 5.73 Å². The van der Waals surface area contributed by atoms with E-state index in [9.17, 15) is 5.11 Å². The summed E-state index contributed by atoms with van der Waals surface area (Å²) in [5, 5.41) is 17.0. The van der Waals surface area contributed by atoms with Crippen LogP contribution in [0.4, 0.5) is 5.82 Å². The highest BCUT2D eigenvalue weighted by Crippen LogP contribution is 2.27. The minimum Gasteiger partial charge on any atom is -0.506 e. The second-order valence-electron chi connectivity index (χ2n) is 3.80. The Labute approximate surface area is 96.9 Å². The maximum Gasteiger partial charge on any atom is 0.153 e. The number of nitrogen functional groups attached to an aromatic ring is 1. The molecule has 3 aromatic rings. The number of nitrogens with two attached hydrogens (primary N) is 1. The van der Waals surface area contributed by atoms with Crippen LogP contribution in [0.2, 0.25) is 0 Å². The molecule has 0 unspecified atom stereocenters. The molecule has 0 radical (unpaired) electrons. The molecule has 0 atom stereocenters. The lowest BCUT2D eigenvalue weighted by molar-refractivity contribution is 0.473. The number of H-pyrrole nitrogens is 1. The van der Waals surface area contributed by atoms with Crippen LogP contribution >= 0.6 is 0 Å². The van der Waals surface area contributed by atoms with Crippen LogP contribution in [0.15, 0.2) is 36.7 Å². The molecule has 2 heterocycles. The average Bonchev–Trinajstić information content (AvgIpc) is 2.71. The van der Waals surface area contributed by atoms with Crippen molar-refractivity contribution < 1.29 is 5.11 Å². The van der Waals surface area contributed by atoms with Crippen LogP contribution in [0, 0.1) is 0 Å². The summed E-state index contributed by atoms with van der Waals surface area (Å²) in [6.45, 7) is 0. The summed E-state index contributed by atoms with van der Waals surface area (Å²) in [7, 11) is 0. The van der Waals surface area contributed by atoms with Gasteiger partial charge < -0.3 is 10.8 Å². The average molecular weight is 226 g/mol. The first-order valence-electron chi connectivity index (χ1n) is 5.12. The third-order valence-electron chi connectivity index (χ3n) is 2.65. The molecule has 0 saturated carbocycles. The Hall–Kier alpha value is -2.56. The molecule has 4 N–H and O–H groups in total. The van der Waals surface area contributed by atoms with Gasteiger partial charge in [-0.15, -0.1) is 0 Å². The molecule has 1 aromatic carbocycles. The van der Waals surface area contributed by atoms with Gasteiger partial charge in [-0.05, 0) is 23.8 Å². The summed E-state index contributed by atoms with van der Waals surface area (Å²) in [5.74, 6) is 0.609. The predicted molar refractivity (Wildman–Crippen MR) is 65.4 cm³/mol. The van der Waals surface area contributed by atoms with Gasteiger partial charge in [0.05, 0.1) is 11.7 Å². The molecule has 0 bridgehead atoms. The van der Waals surface area contributed by atoms with Gasteiger partial charge in [0.15, 0.2) is 5.82 Å². The molecule has 5 heteroatoms. The Morgan fingerprint density at radius 2 is 2.00 bits per heavy atom. The summed E-state index contributed by atoms with van der Waals surface area (Å²) in [6.07, 6.45) is 3.09. The quantitative estimate of drug-likeness (QED) is 0.591. The van der Waals surface area contributed by atoms with E-state index >= 15 is 0 Å². The molecular formula is C12H10N4O. The van der Waals surface area contributed by atoms with Crippen LogP contribution in [0.25, 0.3) is 22.0 Å². The van der Waals surface area contributed by atoms with Crippen LogP contribution in [-0.2, 0) is 0 Å². The second kappa shape index (κ2) is 3.48. The van der Waals surface area contributed by atoms with Crippen molar-refractivity contribution >= 4 is 16.7 Å². The molecule has 0 aliphatic heterocycles. The highest BCUT2D eigenvalue weighted by molar-refractivity contribution is 5.92. The zero-order valence-corrected chi connectivity index (χ0v) is 8.88. The topological polar surface area (TPSA) is 87.8 Å². The fourth-order valence-corrected chi connectivity index (χ4v) is 1.80. The molecule has 0 saturated heterocycles. The first-order valence-corrected chi connectivity index (χ1v) is 5.12. The van der Waals surface area contributed by atoms with Crippen molar-refractivity contribution in [3.05, 3.63) is 36.7 Å². The van der Waals surface area contributed by atoms with Gasteiger partial charge >= 0.3 is 0 Å². The Morgan fingerprint density at radius 3 is 2.82 bits per heavy atom. The number of aromatic amines is 1. The van der Waals surface area contributed by atoms with Gasteiger partial charge in [-0.3, -0.25) is 10.1 Å². The summed E-state index contributed by atoms with van der Waals surface area (Å²) in [5.41, 5.74) is 8.41. The molecule has 84 valence electrons. The number of hydrogen-bond acceptors (Lipinski definition) is 4. The van der Waals surface area contributed by atoms with Gasteiger partial charge in [0.2, 0.25) is 0 Å². The van der Waals surface area contributed by atoms with Crippen molar-refractivity contribution in [1.82, 2.24) is 15.2 Å². The largest absolute Gasteiger partial charge is 0.506 e. The van der Waals surface area contributed by atoms with E-state index < -0.39 is 0 Å². The van der Waals surface area contributed by atoms with E-state index in [1.165, 1.54) is 6.20 Å². The number of nitrogens with one attached hydrogen (secondary N) is 1. The zero-order valence-electron chi connectivity index (χ0n) is 8.88. The van der Waals surface area contributed by atoms with E-state index in [2.05, 4.69) is 15.2 Å². The molecule has 0 aliphatic rings. The lowest BCUT2D eigenvalue weighted by Gasteiger charge is -2.02. The molecule has 5 nitrogen and oxygen atoms in total. The minimum absolute atomic E-state index is 0.141. The molecule has 0 aliphatic carbocycles.